The maximum atomic E-state index is 14.1. The van der Waals surface area contributed by atoms with Gasteiger partial charge in [0.25, 0.3) is 0 Å². The second kappa shape index (κ2) is 11.5. The molecule has 3 atom stereocenters. The Morgan fingerprint density at radius 3 is 2.85 bits per heavy atom. The number of hydrogen-bond acceptors (Lipinski definition) is 7. The van der Waals surface area contributed by atoms with Gasteiger partial charge in [0, 0.05) is 42.3 Å². The number of rotatable bonds is 9. The van der Waals surface area contributed by atoms with Crippen molar-refractivity contribution in [3.63, 3.8) is 0 Å². The monoisotopic (exact) mass is 584 g/mol. The predicted octanol–water partition coefficient (Wildman–Crippen LogP) is 5.39. The van der Waals surface area contributed by atoms with Crippen molar-refractivity contribution in [2.24, 2.45) is 0 Å². The van der Waals surface area contributed by atoms with Crippen molar-refractivity contribution >= 4 is 34.9 Å². The Morgan fingerprint density at radius 2 is 2.15 bits per heavy atom. The Labute approximate surface area is 241 Å². The van der Waals surface area contributed by atoms with E-state index < -0.39 is 17.0 Å². The van der Waals surface area contributed by atoms with Crippen molar-refractivity contribution in [3.05, 3.63) is 76.1 Å². The van der Waals surface area contributed by atoms with Gasteiger partial charge in [-0.15, -0.1) is 0 Å². The van der Waals surface area contributed by atoms with Crippen LogP contribution in [0.4, 0.5) is 4.39 Å². The second-order valence-electron chi connectivity index (χ2n) is 10.4. The van der Waals surface area contributed by atoms with Crippen LogP contribution in [0.2, 0.25) is 5.02 Å². The number of carboxylic acids is 1. The summed E-state index contributed by atoms with van der Waals surface area (Å²) in [5.74, 6) is 0.0973. The first-order chi connectivity index (χ1) is 19.4. The lowest BCUT2D eigenvalue weighted by molar-refractivity contribution is -0.136. The summed E-state index contributed by atoms with van der Waals surface area (Å²) in [6, 6.07) is 10.2. The highest BCUT2D eigenvalue weighted by Gasteiger charge is 2.41. The number of ether oxygens (including phenoxy) is 2. The first kappa shape index (κ1) is 27.3. The van der Waals surface area contributed by atoms with Crippen molar-refractivity contribution < 1.29 is 23.8 Å². The molecular weight excluding hydrogens is 555 g/mol. The summed E-state index contributed by atoms with van der Waals surface area (Å²) in [5, 5.41) is 10.3. The molecule has 11 heteroatoms. The van der Waals surface area contributed by atoms with Crippen LogP contribution in [0.1, 0.15) is 48.5 Å². The third kappa shape index (κ3) is 5.63. The number of benzene rings is 1. The standard InChI is InChI=1S/C29H30ClFN4O4S/c1-17-26-28(40-27(17)29(36)37)33-24(35(26)14-21-9-12-38-21)15-34-10-7-18(8-11-34)23-3-2-4-25(32-23)39-16-19-5-6-20(30)13-22(19)31/h2-7,13,17,21,27H,8-12,14-16H2,1H3,(H,36,37). The van der Waals surface area contributed by atoms with Crippen LogP contribution < -0.4 is 4.74 Å². The van der Waals surface area contributed by atoms with E-state index in [1.54, 1.807) is 18.2 Å². The van der Waals surface area contributed by atoms with Crippen LogP contribution >= 0.6 is 23.4 Å². The fourth-order valence-electron chi connectivity index (χ4n) is 5.36. The average Bonchev–Trinajstić information content (AvgIpc) is 3.42. The minimum Gasteiger partial charge on any atom is -0.480 e. The van der Waals surface area contributed by atoms with Crippen molar-refractivity contribution in [2.75, 3.05) is 19.7 Å². The Balaban J connectivity index is 1.12. The number of pyridine rings is 1. The normalized spacial score (nSPS) is 22.5. The Morgan fingerprint density at radius 1 is 1.30 bits per heavy atom. The van der Waals surface area contributed by atoms with Gasteiger partial charge in [-0.3, -0.25) is 9.69 Å². The quantitative estimate of drug-likeness (QED) is 0.358. The van der Waals surface area contributed by atoms with E-state index in [4.69, 9.17) is 26.1 Å². The lowest BCUT2D eigenvalue weighted by Crippen LogP contribution is -2.35. The molecule has 0 aliphatic carbocycles. The Bertz CT molecular complexity index is 1460. The summed E-state index contributed by atoms with van der Waals surface area (Å²) in [7, 11) is 0. The Hall–Kier alpha value is -2.92. The summed E-state index contributed by atoms with van der Waals surface area (Å²) < 4.78 is 27.8. The van der Waals surface area contributed by atoms with Gasteiger partial charge in [0.15, 0.2) is 0 Å². The smallest absolute Gasteiger partial charge is 0.317 e. The van der Waals surface area contributed by atoms with Gasteiger partial charge < -0.3 is 19.1 Å². The number of carboxylic acid groups (broad SMARTS) is 1. The third-order valence-corrected chi connectivity index (χ3v) is 9.32. The van der Waals surface area contributed by atoms with E-state index in [2.05, 4.69) is 20.5 Å². The molecular formula is C29H30ClFN4O4S. The van der Waals surface area contributed by atoms with Gasteiger partial charge in [0.05, 0.1) is 30.6 Å². The van der Waals surface area contributed by atoms with E-state index >= 15 is 0 Å². The minimum atomic E-state index is -0.794. The lowest BCUT2D eigenvalue weighted by Gasteiger charge is -2.30. The molecule has 1 saturated heterocycles. The molecule has 1 N–H and O–H groups in total. The SMILES string of the molecule is CC1c2c(nc(CN3CC=C(c4cccc(OCc5ccc(Cl)cc5F)n4)CC3)n2CC2CCO2)SC1C(=O)O. The molecule has 0 saturated carbocycles. The van der Waals surface area contributed by atoms with E-state index in [0.29, 0.717) is 29.6 Å². The number of nitrogens with zero attached hydrogens (tertiary/aromatic N) is 4. The number of fused-ring (bicyclic) bond motifs is 1. The van der Waals surface area contributed by atoms with Gasteiger partial charge in [-0.2, -0.15) is 0 Å². The summed E-state index contributed by atoms with van der Waals surface area (Å²) >= 11 is 7.19. The van der Waals surface area contributed by atoms with E-state index in [0.717, 1.165) is 60.3 Å². The van der Waals surface area contributed by atoms with E-state index in [9.17, 15) is 14.3 Å². The molecule has 1 fully saturated rings. The molecule has 3 aromatic rings. The zero-order chi connectivity index (χ0) is 27.8. The number of halogens is 2. The first-order valence-corrected chi connectivity index (χ1v) is 14.7. The summed E-state index contributed by atoms with van der Waals surface area (Å²) in [5.41, 5.74) is 3.43. The molecule has 0 bridgehead atoms. The van der Waals surface area contributed by atoms with Crippen LogP contribution in [-0.4, -0.2) is 61.6 Å². The molecule has 3 aliphatic heterocycles. The van der Waals surface area contributed by atoms with Gasteiger partial charge in [0.2, 0.25) is 5.88 Å². The number of imidazole rings is 1. The maximum absolute atomic E-state index is 14.1. The topological polar surface area (TPSA) is 89.7 Å². The van der Waals surface area contributed by atoms with Crippen LogP contribution in [0.3, 0.4) is 0 Å². The molecule has 0 spiro atoms. The Kier molecular flexibility index (Phi) is 7.85. The fourth-order valence-corrected chi connectivity index (χ4v) is 6.76. The summed E-state index contributed by atoms with van der Waals surface area (Å²) in [4.78, 5) is 23.6. The lowest BCUT2D eigenvalue weighted by atomic mass is 10.0. The van der Waals surface area contributed by atoms with Crippen LogP contribution in [0.25, 0.3) is 5.57 Å². The van der Waals surface area contributed by atoms with Crippen LogP contribution in [0.5, 0.6) is 5.88 Å². The molecule has 3 aliphatic rings. The molecule has 0 amide bonds. The van der Waals surface area contributed by atoms with Gasteiger partial charge in [-0.1, -0.05) is 48.5 Å². The summed E-state index contributed by atoms with van der Waals surface area (Å²) in [6.45, 7) is 5.80. The van der Waals surface area contributed by atoms with Crippen molar-refractivity contribution in [2.45, 2.75) is 61.8 Å². The molecule has 2 aromatic heterocycles. The highest BCUT2D eigenvalue weighted by molar-refractivity contribution is 8.00. The zero-order valence-corrected chi connectivity index (χ0v) is 23.6. The molecule has 0 radical (unpaired) electrons. The molecule has 1 aromatic carbocycles. The largest absolute Gasteiger partial charge is 0.480 e. The van der Waals surface area contributed by atoms with Crippen LogP contribution in [0.15, 0.2) is 47.5 Å². The van der Waals surface area contributed by atoms with Gasteiger partial charge in [0.1, 0.15) is 28.5 Å². The number of carbonyl (C=O) groups is 1. The highest BCUT2D eigenvalue weighted by Crippen LogP contribution is 2.46. The summed E-state index contributed by atoms with van der Waals surface area (Å²) in [6.07, 6.45) is 4.17. The first-order valence-electron chi connectivity index (χ1n) is 13.4. The number of hydrogen-bond donors (Lipinski definition) is 1. The van der Waals surface area contributed by atoms with Crippen LogP contribution in [-0.2, 0) is 29.2 Å². The highest BCUT2D eigenvalue weighted by atomic mass is 35.5. The second-order valence-corrected chi connectivity index (χ2v) is 11.9. The van der Waals surface area contributed by atoms with Crippen molar-refractivity contribution in [3.8, 4) is 5.88 Å². The maximum Gasteiger partial charge on any atom is 0.317 e. The van der Waals surface area contributed by atoms with Crippen molar-refractivity contribution in [1.82, 2.24) is 19.4 Å². The minimum absolute atomic E-state index is 0.0684. The average molecular weight is 585 g/mol. The van der Waals surface area contributed by atoms with Crippen molar-refractivity contribution in [1.29, 1.82) is 0 Å². The van der Waals surface area contributed by atoms with E-state index in [1.807, 2.05) is 19.1 Å². The third-order valence-electron chi connectivity index (χ3n) is 7.70. The van der Waals surface area contributed by atoms with Crippen LogP contribution in [0, 0.1) is 5.82 Å². The molecule has 8 nitrogen and oxygen atoms in total. The molecule has 5 heterocycles. The fraction of sp³-hybridized carbons (Fsp3) is 0.414. The van der Waals surface area contributed by atoms with E-state index in [-0.39, 0.29) is 18.6 Å². The van der Waals surface area contributed by atoms with Gasteiger partial charge in [-0.05, 0) is 36.6 Å². The van der Waals surface area contributed by atoms with Gasteiger partial charge in [-0.25, -0.2) is 14.4 Å². The molecule has 40 heavy (non-hydrogen) atoms. The number of aromatic nitrogens is 3. The zero-order valence-electron chi connectivity index (χ0n) is 22.1. The molecule has 3 unspecified atom stereocenters. The number of aliphatic carboxylic acids is 1. The predicted molar refractivity (Wildman–Crippen MR) is 150 cm³/mol. The molecule has 6 rings (SSSR count). The van der Waals surface area contributed by atoms with Gasteiger partial charge >= 0.3 is 5.97 Å². The number of thioether (sulfide) groups is 1. The van der Waals surface area contributed by atoms with E-state index in [1.165, 1.54) is 17.8 Å². The molecule has 210 valence electrons.